The first kappa shape index (κ1) is 13.3. The molecular formula is C14H25F2N. The van der Waals surface area contributed by atoms with E-state index in [1.165, 1.54) is 32.1 Å². The average molecular weight is 245 g/mol. The van der Waals surface area contributed by atoms with Gasteiger partial charge in [-0.15, -0.1) is 0 Å². The third-order valence-corrected chi connectivity index (χ3v) is 4.59. The molecule has 1 nitrogen and oxygen atoms in total. The third-order valence-electron chi connectivity index (χ3n) is 4.59. The molecule has 3 heteroatoms. The second-order valence-electron chi connectivity index (χ2n) is 6.06. The van der Waals surface area contributed by atoms with Crippen molar-refractivity contribution in [2.75, 3.05) is 6.54 Å². The fourth-order valence-corrected chi connectivity index (χ4v) is 3.37. The lowest BCUT2D eigenvalue weighted by Gasteiger charge is -2.29. The van der Waals surface area contributed by atoms with Crippen molar-refractivity contribution < 1.29 is 8.78 Å². The second kappa shape index (κ2) is 5.64. The van der Waals surface area contributed by atoms with Crippen molar-refractivity contribution in [2.24, 2.45) is 11.8 Å². The summed E-state index contributed by atoms with van der Waals surface area (Å²) in [6, 6.07) is 0.504. The molecule has 0 aromatic rings. The minimum atomic E-state index is -2.39. The Morgan fingerprint density at radius 3 is 2.47 bits per heavy atom. The van der Waals surface area contributed by atoms with Crippen LogP contribution in [0.15, 0.2) is 0 Å². The lowest BCUT2D eigenvalue weighted by Crippen LogP contribution is -2.37. The smallest absolute Gasteiger partial charge is 0.248 e. The van der Waals surface area contributed by atoms with Gasteiger partial charge in [-0.1, -0.05) is 19.3 Å². The Labute approximate surface area is 103 Å². The number of rotatable bonds is 4. The van der Waals surface area contributed by atoms with Crippen LogP contribution in [-0.2, 0) is 0 Å². The SMILES string of the molecule is C[C@H](NCC1CCC(F)(F)C1)C1CCCCC1. The molecule has 17 heavy (non-hydrogen) atoms. The molecule has 2 atom stereocenters. The van der Waals surface area contributed by atoms with Gasteiger partial charge in [0, 0.05) is 18.9 Å². The van der Waals surface area contributed by atoms with Crippen molar-refractivity contribution in [3.05, 3.63) is 0 Å². The molecule has 0 heterocycles. The number of alkyl halides is 2. The van der Waals surface area contributed by atoms with Gasteiger partial charge in [0.05, 0.1) is 0 Å². The van der Waals surface area contributed by atoms with Gasteiger partial charge in [0.2, 0.25) is 5.92 Å². The van der Waals surface area contributed by atoms with Crippen LogP contribution in [0.3, 0.4) is 0 Å². The Morgan fingerprint density at radius 2 is 1.88 bits per heavy atom. The monoisotopic (exact) mass is 245 g/mol. The van der Waals surface area contributed by atoms with Gasteiger partial charge in [-0.2, -0.15) is 0 Å². The van der Waals surface area contributed by atoms with Gasteiger partial charge >= 0.3 is 0 Å². The van der Waals surface area contributed by atoms with E-state index in [4.69, 9.17) is 0 Å². The first-order chi connectivity index (χ1) is 8.07. The molecule has 1 N–H and O–H groups in total. The van der Waals surface area contributed by atoms with Crippen molar-refractivity contribution in [3.63, 3.8) is 0 Å². The Kier molecular flexibility index (Phi) is 4.40. The maximum atomic E-state index is 13.0. The maximum Gasteiger partial charge on any atom is 0.248 e. The van der Waals surface area contributed by atoms with Gasteiger partial charge in [0.15, 0.2) is 0 Å². The average Bonchev–Trinajstić information content (AvgIpc) is 2.67. The van der Waals surface area contributed by atoms with E-state index in [0.717, 1.165) is 12.5 Å². The molecule has 0 saturated heterocycles. The Balaban J connectivity index is 1.67. The van der Waals surface area contributed by atoms with E-state index in [1.54, 1.807) is 0 Å². The molecule has 0 bridgehead atoms. The highest BCUT2D eigenvalue weighted by atomic mass is 19.3. The van der Waals surface area contributed by atoms with Crippen LogP contribution < -0.4 is 5.32 Å². The molecule has 2 rings (SSSR count). The van der Waals surface area contributed by atoms with Crippen molar-refractivity contribution in [1.82, 2.24) is 5.32 Å². The van der Waals surface area contributed by atoms with Crippen LogP contribution in [0.2, 0.25) is 0 Å². The summed E-state index contributed by atoms with van der Waals surface area (Å²) in [6.45, 7) is 3.01. The minimum Gasteiger partial charge on any atom is -0.314 e. The van der Waals surface area contributed by atoms with Crippen LogP contribution in [0.5, 0.6) is 0 Å². The molecule has 0 aliphatic heterocycles. The minimum absolute atomic E-state index is 0.0944. The number of nitrogens with one attached hydrogen (secondary N) is 1. The molecular weight excluding hydrogens is 220 g/mol. The fourth-order valence-electron chi connectivity index (χ4n) is 3.37. The normalized spacial score (nSPS) is 31.6. The van der Waals surface area contributed by atoms with Gasteiger partial charge in [-0.25, -0.2) is 8.78 Å². The molecule has 0 spiro atoms. The zero-order valence-electron chi connectivity index (χ0n) is 10.9. The summed E-state index contributed by atoms with van der Waals surface area (Å²) in [4.78, 5) is 0. The van der Waals surface area contributed by atoms with Crippen LogP contribution in [-0.4, -0.2) is 18.5 Å². The van der Waals surface area contributed by atoms with Gasteiger partial charge in [0.1, 0.15) is 0 Å². The second-order valence-corrected chi connectivity index (χ2v) is 6.06. The summed E-state index contributed by atoms with van der Waals surface area (Å²) in [5.74, 6) is -1.43. The highest BCUT2D eigenvalue weighted by molar-refractivity contribution is 4.84. The van der Waals surface area contributed by atoms with Crippen LogP contribution in [0.4, 0.5) is 8.78 Å². The molecule has 2 aliphatic rings. The Morgan fingerprint density at radius 1 is 1.18 bits per heavy atom. The van der Waals surface area contributed by atoms with E-state index in [-0.39, 0.29) is 18.8 Å². The summed E-state index contributed by atoms with van der Waals surface area (Å²) in [5.41, 5.74) is 0. The van der Waals surface area contributed by atoms with E-state index in [1.807, 2.05) is 0 Å². The third kappa shape index (κ3) is 3.90. The zero-order valence-corrected chi connectivity index (χ0v) is 10.9. The lowest BCUT2D eigenvalue weighted by atomic mass is 9.84. The first-order valence-corrected chi connectivity index (χ1v) is 7.18. The summed E-state index contributed by atoms with van der Waals surface area (Å²) in [7, 11) is 0. The van der Waals surface area contributed by atoms with Gasteiger partial charge in [-0.3, -0.25) is 0 Å². The summed E-state index contributed by atoms with van der Waals surface area (Å²) in [5, 5.41) is 3.50. The van der Waals surface area contributed by atoms with E-state index < -0.39 is 5.92 Å². The zero-order chi connectivity index (χ0) is 12.3. The number of hydrogen-bond donors (Lipinski definition) is 1. The molecule has 1 unspecified atom stereocenters. The molecule has 0 aromatic heterocycles. The standard InChI is InChI=1S/C14H25F2N/c1-11(13-5-3-2-4-6-13)17-10-12-7-8-14(15,16)9-12/h11-13,17H,2-10H2,1H3/t11-,12?/m0/s1. The quantitative estimate of drug-likeness (QED) is 0.790. The van der Waals surface area contributed by atoms with Crippen molar-refractivity contribution in [1.29, 1.82) is 0 Å². The molecule has 2 fully saturated rings. The van der Waals surface area contributed by atoms with Crippen LogP contribution in [0.1, 0.15) is 58.3 Å². The fraction of sp³-hybridized carbons (Fsp3) is 1.00. The van der Waals surface area contributed by atoms with Crippen LogP contribution in [0, 0.1) is 11.8 Å². The van der Waals surface area contributed by atoms with E-state index in [2.05, 4.69) is 12.2 Å². The van der Waals surface area contributed by atoms with Crippen LogP contribution in [0.25, 0.3) is 0 Å². The maximum absolute atomic E-state index is 13.0. The largest absolute Gasteiger partial charge is 0.314 e. The predicted octanol–water partition coefficient (Wildman–Crippen LogP) is 3.98. The lowest BCUT2D eigenvalue weighted by molar-refractivity contribution is 0.00491. The Hall–Kier alpha value is -0.180. The number of hydrogen-bond acceptors (Lipinski definition) is 1. The molecule has 0 amide bonds. The summed E-state index contributed by atoms with van der Waals surface area (Å²) < 4.78 is 26.1. The summed E-state index contributed by atoms with van der Waals surface area (Å²) >= 11 is 0. The van der Waals surface area contributed by atoms with Crippen LogP contribution >= 0.6 is 0 Å². The van der Waals surface area contributed by atoms with Crippen molar-refractivity contribution in [2.45, 2.75) is 70.3 Å². The van der Waals surface area contributed by atoms with E-state index >= 15 is 0 Å². The van der Waals surface area contributed by atoms with Gasteiger partial charge in [-0.05, 0) is 44.6 Å². The molecule has 2 aliphatic carbocycles. The topological polar surface area (TPSA) is 12.0 Å². The van der Waals surface area contributed by atoms with E-state index in [9.17, 15) is 8.78 Å². The van der Waals surface area contributed by atoms with E-state index in [0.29, 0.717) is 12.5 Å². The van der Waals surface area contributed by atoms with Crippen molar-refractivity contribution >= 4 is 0 Å². The molecule has 100 valence electrons. The highest BCUT2D eigenvalue weighted by Crippen LogP contribution is 2.38. The molecule has 2 saturated carbocycles. The Bertz CT molecular complexity index is 236. The van der Waals surface area contributed by atoms with Gasteiger partial charge in [0.25, 0.3) is 0 Å². The first-order valence-electron chi connectivity index (χ1n) is 7.18. The molecule has 0 aromatic carbocycles. The van der Waals surface area contributed by atoms with Crippen molar-refractivity contribution in [3.8, 4) is 0 Å². The van der Waals surface area contributed by atoms with Gasteiger partial charge < -0.3 is 5.32 Å². The predicted molar refractivity (Wildman–Crippen MR) is 66.3 cm³/mol. The molecule has 0 radical (unpaired) electrons. The highest BCUT2D eigenvalue weighted by Gasteiger charge is 2.39. The summed E-state index contributed by atoms with van der Waals surface area (Å²) in [6.07, 6.45) is 7.57. The number of halogens is 2.